The first kappa shape index (κ1) is 12.6. The van der Waals surface area contributed by atoms with Crippen LogP contribution in [0, 0.1) is 5.92 Å². The van der Waals surface area contributed by atoms with Gasteiger partial charge in [-0.15, -0.1) is 0 Å². The van der Waals surface area contributed by atoms with Crippen molar-refractivity contribution < 1.29 is 0 Å². The van der Waals surface area contributed by atoms with Gasteiger partial charge in [0.2, 0.25) is 0 Å². The molecule has 2 nitrogen and oxygen atoms in total. The Balaban J connectivity index is 1.96. The van der Waals surface area contributed by atoms with E-state index < -0.39 is 0 Å². The molecule has 0 saturated heterocycles. The summed E-state index contributed by atoms with van der Waals surface area (Å²) in [7, 11) is 0. The Morgan fingerprint density at radius 2 is 2.00 bits per heavy atom. The number of hydrogen-bond donors (Lipinski definition) is 0. The predicted molar refractivity (Wildman–Crippen MR) is 74.5 cm³/mol. The first-order valence-corrected chi connectivity index (χ1v) is 8.23. The number of hydrogen-bond acceptors (Lipinski definition) is 1. The molecule has 1 heterocycles. The molecule has 1 aromatic rings. The maximum absolute atomic E-state index is 4.70. The van der Waals surface area contributed by atoms with E-state index in [-0.39, 0.29) is 0 Å². The van der Waals surface area contributed by atoms with Crippen molar-refractivity contribution in [1.29, 1.82) is 0 Å². The topological polar surface area (TPSA) is 17.8 Å². The van der Waals surface area contributed by atoms with Gasteiger partial charge in [-0.3, -0.25) is 4.68 Å². The Labute approximate surface area is 114 Å². The third-order valence-electron chi connectivity index (χ3n) is 3.30. The Kier molecular flexibility index (Phi) is 4.89. The lowest BCUT2D eigenvalue weighted by molar-refractivity contribution is 0.460. The molecule has 0 bridgehead atoms. The average Bonchev–Trinajstić information content (AvgIpc) is 2.96. The molecule has 0 radical (unpaired) electrons. The van der Waals surface area contributed by atoms with Crippen molar-refractivity contribution in [2.24, 2.45) is 5.92 Å². The molecule has 0 aliphatic heterocycles. The van der Waals surface area contributed by atoms with Gasteiger partial charge in [-0.1, -0.05) is 44.7 Å². The third-order valence-corrected chi connectivity index (χ3v) is 5.13. The fourth-order valence-corrected chi connectivity index (χ4v) is 3.83. The van der Waals surface area contributed by atoms with Crippen LogP contribution in [0.1, 0.15) is 37.4 Å². The molecule has 1 fully saturated rings. The van der Waals surface area contributed by atoms with Crippen LogP contribution < -0.4 is 0 Å². The second-order valence-corrected chi connectivity index (χ2v) is 5.90. The van der Waals surface area contributed by atoms with E-state index in [4.69, 9.17) is 5.10 Å². The number of halogens is 2. The zero-order chi connectivity index (χ0) is 11.4. The van der Waals surface area contributed by atoms with E-state index in [1.54, 1.807) is 0 Å². The predicted octanol–water partition coefficient (Wildman–Crippen LogP) is 3.95. The van der Waals surface area contributed by atoms with Crippen LogP contribution in [-0.2, 0) is 6.42 Å². The molecular formula is C12H18Br2N2. The van der Waals surface area contributed by atoms with Gasteiger partial charge in [-0.2, -0.15) is 5.10 Å². The average molecular weight is 350 g/mol. The summed E-state index contributed by atoms with van der Waals surface area (Å²) >= 11 is 7.08. The van der Waals surface area contributed by atoms with Crippen LogP contribution in [-0.4, -0.2) is 20.4 Å². The SMILES string of the molecule is BrCC(CBr)Cc1ccn(C2CCCC2)n1. The highest BCUT2D eigenvalue weighted by Gasteiger charge is 2.18. The van der Waals surface area contributed by atoms with Crippen LogP contribution >= 0.6 is 31.9 Å². The van der Waals surface area contributed by atoms with Crippen molar-refractivity contribution in [3.8, 4) is 0 Å². The molecule has 0 atom stereocenters. The van der Waals surface area contributed by atoms with Gasteiger partial charge < -0.3 is 0 Å². The minimum Gasteiger partial charge on any atom is -0.269 e. The molecule has 90 valence electrons. The lowest BCUT2D eigenvalue weighted by Gasteiger charge is -2.10. The minimum atomic E-state index is 0.645. The summed E-state index contributed by atoms with van der Waals surface area (Å²) in [6.45, 7) is 0. The van der Waals surface area contributed by atoms with Gasteiger partial charge in [0.25, 0.3) is 0 Å². The van der Waals surface area contributed by atoms with Crippen LogP contribution in [0.3, 0.4) is 0 Å². The van der Waals surface area contributed by atoms with E-state index in [0.717, 1.165) is 17.1 Å². The van der Waals surface area contributed by atoms with Gasteiger partial charge in [0.05, 0.1) is 11.7 Å². The summed E-state index contributed by atoms with van der Waals surface area (Å²) < 4.78 is 2.18. The molecule has 2 rings (SSSR count). The van der Waals surface area contributed by atoms with Crippen molar-refractivity contribution in [1.82, 2.24) is 9.78 Å². The van der Waals surface area contributed by atoms with E-state index in [0.29, 0.717) is 12.0 Å². The van der Waals surface area contributed by atoms with Gasteiger partial charge in [0.15, 0.2) is 0 Å². The Morgan fingerprint density at radius 1 is 1.31 bits per heavy atom. The van der Waals surface area contributed by atoms with Crippen LogP contribution in [0.5, 0.6) is 0 Å². The molecule has 0 aromatic carbocycles. The van der Waals surface area contributed by atoms with Crippen molar-refractivity contribution in [3.05, 3.63) is 18.0 Å². The first-order chi connectivity index (χ1) is 7.83. The maximum atomic E-state index is 4.70. The molecule has 0 unspecified atom stereocenters. The molecule has 1 aromatic heterocycles. The Bertz CT molecular complexity index is 315. The summed E-state index contributed by atoms with van der Waals surface area (Å²) in [4.78, 5) is 0. The number of rotatable bonds is 5. The van der Waals surface area contributed by atoms with Crippen molar-refractivity contribution in [2.45, 2.75) is 38.1 Å². The lowest BCUT2D eigenvalue weighted by atomic mass is 10.1. The quantitative estimate of drug-likeness (QED) is 0.736. The molecule has 1 aliphatic carbocycles. The van der Waals surface area contributed by atoms with Crippen LogP contribution in [0.4, 0.5) is 0 Å². The van der Waals surface area contributed by atoms with Crippen molar-refractivity contribution in [2.75, 3.05) is 10.7 Å². The summed E-state index contributed by atoms with van der Waals surface area (Å²) in [5.74, 6) is 0.645. The van der Waals surface area contributed by atoms with E-state index >= 15 is 0 Å². The standard InChI is InChI=1S/C12H18Br2N2/c13-8-10(9-14)7-11-5-6-16(15-11)12-3-1-2-4-12/h5-6,10,12H,1-4,7-9H2. The van der Waals surface area contributed by atoms with Crippen molar-refractivity contribution in [3.63, 3.8) is 0 Å². The molecular weight excluding hydrogens is 332 g/mol. The summed E-state index contributed by atoms with van der Waals surface area (Å²) in [5, 5.41) is 6.78. The van der Waals surface area contributed by atoms with Gasteiger partial charge >= 0.3 is 0 Å². The molecule has 16 heavy (non-hydrogen) atoms. The fraction of sp³-hybridized carbons (Fsp3) is 0.750. The summed E-state index contributed by atoms with van der Waals surface area (Å²) in [5.41, 5.74) is 1.23. The summed E-state index contributed by atoms with van der Waals surface area (Å²) in [6, 6.07) is 2.84. The fourth-order valence-electron chi connectivity index (χ4n) is 2.30. The Morgan fingerprint density at radius 3 is 2.62 bits per heavy atom. The highest BCUT2D eigenvalue weighted by molar-refractivity contribution is 9.09. The van der Waals surface area contributed by atoms with E-state index in [1.165, 1.54) is 31.4 Å². The second-order valence-electron chi connectivity index (χ2n) is 4.60. The van der Waals surface area contributed by atoms with Crippen LogP contribution in [0.15, 0.2) is 12.3 Å². The Hall–Kier alpha value is 0.170. The smallest absolute Gasteiger partial charge is 0.0628 e. The number of nitrogens with zero attached hydrogens (tertiary/aromatic N) is 2. The second kappa shape index (κ2) is 6.20. The van der Waals surface area contributed by atoms with Gasteiger partial charge in [-0.25, -0.2) is 0 Å². The van der Waals surface area contributed by atoms with Gasteiger partial charge in [-0.05, 0) is 31.2 Å². The minimum absolute atomic E-state index is 0.645. The summed E-state index contributed by atoms with van der Waals surface area (Å²) in [6.07, 6.45) is 8.57. The van der Waals surface area contributed by atoms with E-state index in [2.05, 4.69) is 48.8 Å². The molecule has 4 heteroatoms. The first-order valence-electron chi connectivity index (χ1n) is 5.99. The van der Waals surface area contributed by atoms with Crippen LogP contribution in [0.25, 0.3) is 0 Å². The van der Waals surface area contributed by atoms with Crippen LogP contribution in [0.2, 0.25) is 0 Å². The largest absolute Gasteiger partial charge is 0.269 e. The maximum Gasteiger partial charge on any atom is 0.0628 e. The monoisotopic (exact) mass is 348 g/mol. The number of aromatic nitrogens is 2. The molecule has 1 saturated carbocycles. The highest BCUT2D eigenvalue weighted by Crippen LogP contribution is 2.28. The highest BCUT2D eigenvalue weighted by atomic mass is 79.9. The zero-order valence-corrected chi connectivity index (χ0v) is 12.6. The van der Waals surface area contributed by atoms with Crippen molar-refractivity contribution >= 4 is 31.9 Å². The van der Waals surface area contributed by atoms with E-state index in [1.807, 2.05) is 0 Å². The molecule has 0 spiro atoms. The van der Waals surface area contributed by atoms with Gasteiger partial charge in [0.1, 0.15) is 0 Å². The molecule has 0 N–H and O–H groups in total. The molecule has 0 amide bonds. The third kappa shape index (κ3) is 3.10. The normalized spacial score (nSPS) is 17.4. The lowest BCUT2D eigenvalue weighted by Crippen LogP contribution is -2.10. The van der Waals surface area contributed by atoms with Gasteiger partial charge in [0, 0.05) is 16.9 Å². The zero-order valence-electron chi connectivity index (χ0n) is 9.41. The number of alkyl halides is 2. The van der Waals surface area contributed by atoms with E-state index in [9.17, 15) is 0 Å². The molecule has 1 aliphatic rings.